The van der Waals surface area contributed by atoms with E-state index in [0.717, 1.165) is 57.9 Å². The molecule has 0 aliphatic rings. The molecule has 0 fully saturated rings. The van der Waals surface area contributed by atoms with Crippen LogP contribution in [-0.2, 0) is 0 Å². The van der Waals surface area contributed by atoms with Gasteiger partial charge in [0.05, 0.1) is 11.7 Å². The fourth-order valence-electron chi connectivity index (χ4n) is 4.34. The number of rotatable bonds is 23. The highest BCUT2D eigenvalue weighted by Gasteiger charge is 2.33. The molecule has 4 N–H and O–H groups in total. The predicted octanol–water partition coefficient (Wildman–Crippen LogP) is 7.27. The molecule has 0 radical (unpaired) electrons. The van der Waals surface area contributed by atoms with Gasteiger partial charge in [-0.25, -0.2) is 0 Å². The van der Waals surface area contributed by atoms with Crippen molar-refractivity contribution in [2.75, 3.05) is 6.54 Å². The lowest BCUT2D eigenvalue weighted by molar-refractivity contribution is -0.0919. The molecule has 0 aromatic rings. The zero-order chi connectivity index (χ0) is 21.6. The SMILES string of the molecule is CCCCCCCCC(O)C(O)(CCCCCCCC)CCCCCCCCN. The van der Waals surface area contributed by atoms with E-state index in [1.54, 1.807) is 0 Å². The number of aliphatic hydroxyl groups excluding tert-OH is 1. The van der Waals surface area contributed by atoms with Crippen LogP contribution in [0.5, 0.6) is 0 Å². The predicted molar refractivity (Wildman–Crippen MR) is 128 cm³/mol. The lowest BCUT2D eigenvalue weighted by Gasteiger charge is -2.34. The van der Waals surface area contributed by atoms with Crippen molar-refractivity contribution >= 4 is 0 Å². The van der Waals surface area contributed by atoms with Crippen LogP contribution >= 0.6 is 0 Å². The third-order valence-corrected chi connectivity index (χ3v) is 6.48. The number of aliphatic hydroxyl groups is 2. The molecular weight excluding hydrogens is 358 g/mol. The van der Waals surface area contributed by atoms with E-state index in [4.69, 9.17) is 5.73 Å². The Bertz CT molecular complexity index is 324. The molecule has 2 unspecified atom stereocenters. The summed E-state index contributed by atoms with van der Waals surface area (Å²) in [6, 6.07) is 0. The summed E-state index contributed by atoms with van der Waals surface area (Å²) >= 11 is 0. The molecule has 176 valence electrons. The van der Waals surface area contributed by atoms with Gasteiger partial charge in [-0.15, -0.1) is 0 Å². The summed E-state index contributed by atoms with van der Waals surface area (Å²) in [5.41, 5.74) is 4.69. The topological polar surface area (TPSA) is 66.5 Å². The van der Waals surface area contributed by atoms with E-state index >= 15 is 0 Å². The second-order valence-corrected chi connectivity index (χ2v) is 9.35. The monoisotopic (exact) mass is 413 g/mol. The molecule has 0 aromatic carbocycles. The summed E-state index contributed by atoms with van der Waals surface area (Å²) in [6.45, 7) is 5.28. The zero-order valence-corrected chi connectivity index (χ0v) is 20.1. The molecule has 0 aliphatic carbocycles. The first-order chi connectivity index (χ1) is 14.1. The Labute approximate surface area is 183 Å². The average molecular weight is 414 g/mol. The van der Waals surface area contributed by atoms with Crippen molar-refractivity contribution < 1.29 is 10.2 Å². The maximum Gasteiger partial charge on any atom is 0.0905 e. The van der Waals surface area contributed by atoms with E-state index in [-0.39, 0.29) is 0 Å². The molecule has 3 nitrogen and oxygen atoms in total. The van der Waals surface area contributed by atoms with Gasteiger partial charge in [0, 0.05) is 0 Å². The first kappa shape index (κ1) is 28.9. The van der Waals surface area contributed by atoms with Crippen LogP contribution in [0.2, 0.25) is 0 Å². The summed E-state index contributed by atoms with van der Waals surface area (Å²) in [5.74, 6) is 0. The Morgan fingerprint density at radius 3 is 1.41 bits per heavy atom. The van der Waals surface area contributed by atoms with Gasteiger partial charge >= 0.3 is 0 Å². The van der Waals surface area contributed by atoms with Crippen LogP contribution in [0, 0.1) is 0 Å². The van der Waals surface area contributed by atoms with Gasteiger partial charge in [-0.05, 0) is 32.2 Å². The number of hydrogen-bond donors (Lipinski definition) is 3. The third kappa shape index (κ3) is 17.3. The standard InChI is InChI=1S/C26H55NO2/c1-3-5-7-9-13-17-21-25(28)26(29,22-18-14-10-8-6-4-2)23-19-15-11-12-16-20-24-27/h25,28-29H,3-24,27H2,1-2H3. The van der Waals surface area contributed by atoms with Gasteiger partial charge in [-0.1, -0.05) is 123 Å². The van der Waals surface area contributed by atoms with E-state index in [2.05, 4.69) is 13.8 Å². The first-order valence-electron chi connectivity index (χ1n) is 13.2. The van der Waals surface area contributed by atoms with Crippen LogP contribution in [0.15, 0.2) is 0 Å². The lowest BCUT2D eigenvalue weighted by Crippen LogP contribution is -2.42. The smallest absolute Gasteiger partial charge is 0.0905 e. The second kappa shape index (κ2) is 21.1. The molecule has 29 heavy (non-hydrogen) atoms. The number of unbranched alkanes of at least 4 members (excludes halogenated alkanes) is 15. The molecule has 0 amide bonds. The summed E-state index contributed by atoms with van der Waals surface area (Å²) < 4.78 is 0. The molecule has 0 spiro atoms. The van der Waals surface area contributed by atoms with Gasteiger partial charge in [0.25, 0.3) is 0 Å². The Morgan fingerprint density at radius 2 is 0.966 bits per heavy atom. The molecular formula is C26H55NO2. The van der Waals surface area contributed by atoms with Crippen molar-refractivity contribution in [2.45, 2.75) is 160 Å². The van der Waals surface area contributed by atoms with Crippen LogP contribution in [0.25, 0.3) is 0 Å². The van der Waals surface area contributed by atoms with Crippen molar-refractivity contribution in [1.82, 2.24) is 0 Å². The summed E-state index contributed by atoms with van der Waals surface area (Å²) in [6.07, 6.45) is 23.5. The van der Waals surface area contributed by atoms with Gasteiger partial charge in [-0.2, -0.15) is 0 Å². The minimum absolute atomic E-state index is 0.554. The Morgan fingerprint density at radius 1 is 0.586 bits per heavy atom. The molecule has 0 saturated carbocycles. The van der Waals surface area contributed by atoms with Crippen molar-refractivity contribution in [1.29, 1.82) is 0 Å². The van der Waals surface area contributed by atoms with Crippen molar-refractivity contribution in [3.8, 4) is 0 Å². The Hall–Kier alpha value is -0.120. The fourth-order valence-corrected chi connectivity index (χ4v) is 4.34. The largest absolute Gasteiger partial charge is 0.390 e. The fraction of sp³-hybridized carbons (Fsp3) is 1.00. The number of hydrogen-bond acceptors (Lipinski definition) is 3. The molecule has 3 heteroatoms. The molecule has 0 aromatic heterocycles. The van der Waals surface area contributed by atoms with Crippen LogP contribution in [0.4, 0.5) is 0 Å². The molecule has 0 saturated heterocycles. The minimum Gasteiger partial charge on any atom is -0.390 e. The summed E-state index contributed by atoms with van der Waals surface area (Å²) in [4.78, 5) is 0. The zero-order valence-electron chi connectivity index (χ0n) is 20.1. The van der Waals surface area contributed by atoms with E-state index in [1.165, 1.54) is 83.5 Å². The van der Waals surface area contributed by atoms with E-state index in [0.29, 0.717) is 0 Å². The molecule has 2 atom stereocenters. The highest BCUT2D eigenvalue weighted by atomic mass is 16.3. The molecule has 0 rings (SSSR count). The molecule has 0 bridgehead atoms. The average Bonchev–Trinajstić information content (AvgIpc) is 2.72. The first-order valence-corrected chi connectivity index (χ1v) is 13.2. The van der Waals surface area contributed by atoms with Crippen LogP contribution in [0.1, 0.15) is 149 Å². The maximum absolute atomic E-state index is 11.3. The third-order valence-electron chi connectivity index (χ3n) is 6.48. The van der Waals surface area contributed by atoms with Crippen LogP contribution in [-0.4, -0.2) is 28.5 Å². The van der Waals surface area contributed by atoms with Crippen molar-refractivity contribution in [3.05, 3.63) is 0 Å². The van der Waals surface area contributed by atoms with Crippen molar-refractivity contribution in [2.24, 2.45) is 5.73 Å². The summed E-state index contributed by atoms with van der Waals surface area (Å²) in [7, 11) is 0. The van der Waals surface area contributed by atoms with Gasteiger partial charge in [0.2, 0.25) is 0 Å². The minimum atomic E-state index is -0.870. The van der Waals surface area contributed by atoms with Gasteiger partial charge in [0.1, 0.15) is 0 Å². The maximum atomic E-state index is 11.3. The summed E-state index contributed by atoms with van der Waals surface area (Å²) in [5, 5.41) is 22.1. The van der Waals surface area contributed by atoms with E-state index in [9.17, 15) is 10.2 Å². The molecule has 0 heterocycles. The lowest BCUT2D eigenvalue weighted by atomic mass is 9.82. The normalized spacial score (nSPS) is 14.8. The van der Waals surface area contributed by atoms with E-state index in [1.807, 2.05) is 0 Å². The molecule has 0 aliphatic heterocycles. The van der Waals surface area contributed by atoms with Gasteiger partial charge < -0.3 is 15.9 Å². The Kier molecular flexibility index (Phi) is 21.0. The highest BCUT2D eigenvalue weighted by Crippen LogP contribution is 2.29. The van der Waals surface area contributed by atoms with Crippen LogP contribution < -0.4 is 5.73 Å². The van der Waals surface area contributed by atoms with Gasteiger partial charge in [0.15, 0.2) is 0 Å². The van der Waals surface area contributed by atoms with E-state index < -0.39 is 11.7 Å². The van der Waals surface area contributed by atoms with Gasteiger partial charge in [-0.3, -0.25) is 0 Å². The second-order valence-electron chi connectivity index (χ2n) is 9.35. The quantitative estimate of drug-likeness (QED) is 0.154. The van der Waals surface area contributed by atoms with Crippen molar-refractivity contribution in [3.63, 3.8) is 0 Å². The number of nitrogens with two attached hydrogens (primary N) is 1. The Balaban J connectivity index is 4.25. The highest BCUT2D eigenvalue weighted by molar-refractivity contribution is 4.86. The van der Waals surface area contributed by atoms with Crippen LogP contribution in [0.3, 0.4) is 0 Å².